The molecule has 0 radical (unpaired) electrons. The summed E-state index contributed by atoms with van der Waals surface area (Å²) in [5, 5.41) is 0. The number of benzene rings is 2. The van der Waals surface area contributed by atoms with Gasteiger partial charge in [-0.15, -0.1) is 0 Å². The molecule has 164 valence electrons. The Bertz CT molecular complexity index is 1140. The highest BCUT2D eigenvalue weighted by Crippen LogP contribution is 2.36. The van der Waals surface area contributed by atoms with Crippen LogP contribution in [-0.4, -0.2) is 36.1 Å². The molecule has 1 heterocycles. The average Bonchev–Trinajstić information content (AvgIpc) is 2.67. The molecule has 6 nitrogen and oxygen atoms in total. The van der Waals surface area contributed by atoms with Crippen molar-refractivity contribution in [1.29, 1.82) is 0 Å². The molecule has 0 unspecified atom stereocenters. The minimum atomic E-state index is -5.06. The number of sulfonamides is 1. The predicted molar refractivity (Wildman–Crippen MR) is 97.5 cm³/mol. The number of sulfone groups is 1. The van der Waals surface area contributed by atoms with E-state index in [1.54, 1.807) is 0 Å². The molecule has 0 spiro atoms. The van der Waals surface area contributed by atoms with E-state index in [4.69, 9.17) is 4.74 Å². The van der Waals surface area contributed by atoms with Crippen LogP contribution in [0.3, 0.4) is 0 Å². The SMILES string of the molecule is O=S(=O)(NC1CCOCC1)c1cc(S(=O)(=O)c2ccccc2F)ccc1C(F)(F)F. The third-order valence-corrected chi connectivity index (χ3v) is 7.87. The number of halogens is 4. The Labute approximate surface area is 170 Å². The molecule has 2 aromatic carbocycles. The maximum absolute atomic E-state index is 14.0. The maximum Gasteiger partial charge on any atom is 0.417 e. The van der Waals surface area contributed by atoms with Gasteiger partial charge in [0, 0.05) is 19.3 Å². The minimum absolute atomic E-state index is 0.237. The Kier molecular flexibility index (Phi) is 6.23. The first-order chi connectivity index (χ1) is 13.9. The van der Waals surface area contributed by atoms with Crippen molar-refractivity contribution in [2.45, 2.75) is 39.7 Å². The summed E-state index contributed by atoms with van der Waals surface area (Å²) in [7, 11) is -9.33. The van der Waals surface area contributed by atoms with Gasteiger partial charge in [-0.1, -0.05) is 12.1 Å². The molecule has 12 heteroatoms. The number of hydrogen-bond donors (Lipinski definition) is 1. The van der Waals surface area contributed by atoms with E-state index in [-0.39, 0.29) is 26.1 Å². The van der Waals surface area contributed by atoms with Gasteiger partial charge >= 0.3 is 6.18 Å². The van der Waals surface area contributed by atoms with Gasteiger partial charge in [0.15, 0.2) is 0 Å². The van der Waals surface area contributed by atoms with Crippen LogP contribution >= 0.6 is 0 Å². The van der Waals surface area contributed by atoms with Gasteiger partial charge in [0.05, 0.1) is 15.4 Å². The van der Waals surface area contributed by atoms with Gasteiger partial charge < -0.3 is 4.74 Å². The van der Waals surface area contributed by atoms with Crippen LogP contribution < -0.4 is 4.72 Å². The largest absolute Gasteiger partial charge is 0.417 e. The summed E-state index contributed by atoms with van der Waals surface area (Å²) < 4.78 is 113. The third kappa shape index (κ3) is 4.66. The molecular formula is C18H17F4NO5S2. The summed E-state index contributed by atoms with van der Waals surface area (Å²) in [4.78, 5) is -2.78. The van der Waals surface area contributed by atoms with Crippen LogP contribution in [0.5, 0.6) is 0 Å². The van der Waals surface area contributed by atoms with E-state index in [0.717, 1.165) is 12.1 Å². The van der Waals surface area contributed by atoms with Gasteiger partial charge in [-0.3, -0.25) is 0 Å². The second-order valence-electron chi connectivity index (χ2n) is 6.60. The van der Waals surface area contributed by atoms with Crippen LogP contribution in [0.25, 0.3) is 0 Å². The summed E-state index contributed by atoms with van der Waals surface area (Å²) in [6.45, 7) is 0.474. The van der Waals surface area contributed by atoms with Gasteiger partial charge in [-0.2, -0.15) is 13.2 Å². The van der Waals surface area contributed by atoms with Crippen LogP contribution in [0, 0.1) is 5.82 Å². The molecule has 0 amide bonds. The van der Waals surface area contributed by atoms with Crippen LogP contribution in [-0.2, 0) is 30.8 Å². The first-order valence-corrected chi connectivity index (χ1v) is 11.7. The molecule has 0 aromatic heterocycles. The molecule has 1 aliphatic rings. The zero-order valence-corrected chi connectivity index (χ0v) is 16.9. The molecule has 0 saturated carbocycles. The molecule has 0 bridgehead atoms. The normalized spacial score (nSPS) is 16.5. The number of alkyl halides is 3. The van der Waals surface area contributed by atoms with Crippen molar-refractivity contribution in [3.05, 3.63) is 53.8 Å². The number of hydrogen-bond acceptors (Lipinski definition) is 5. The second kappa shape index (κ2) is 8.25. The molecule has 30 heavy (non-hydrogen) atoms. The molecule has 1 saturated heterocycles. The van der Waals surface area contributed by atoms with Crippen molar-refractivity contribution in [1.82, 2.24) is 4.72 Å². The van der Waals surface area contributed by atoms with Crippen molar-refractivity contribution in [3.63, 3.8) is 0 Å². The zero-order valence-electron chi connectivity index (χ0n) is 15.3. The fourth-order valence-corrected chi connectivity index (χ4v) is 6.00. The third-order valence-electron chi connectivity index (χ3n) is 4.53. The van der Waals surface area contributed by atoms with E-state index < -0.39 is 58.1 Å². The molecular weight excluding hydrogens is 450 g/mol. The number of ether oxygens (including phenoxy) is 1. The lowest BCUT2D eigenvalue weighted by Gasteiger charge is -2.24. The Hall–Kier alpha value is -2.02. The Morgan fingerprint density at radius 3 is 2.17 bits per heavy atom. The number of rotatable bonds is 5. The van der Waals surface area contributed by atoms with Crippen molar-refractivity contribution in [3.8, 4) is 0 Å². The van der Waals surface area contributed by atoms with Crippen LogP contribution in [0.1, 0.15) is 18.4 Å². The van der Waals surface area contributed by atoms with E-state index in [0.29, 0.717) is 18.2 Å². The summed E-state index contributed by atoms with van der Waals surface area (Å²) >= 11 is 0. The van der Waals surface area contributed by atoms with E-state index in [1.165, 1.54) is 12.1 Å². The van der Waals surface area contributed by atoms with Gasteiger partial charge in [-0.25, -0.2) is 25.9 Å². The highest BCUT2D eigenvalue weighted by atomic mass is 32.2. The molecule has 1 N–H and O–H groups in total. The van der Waals surface area contributed by atoms with Gasteiger partial charge in [-0.05, 0) is 43.2 Å². The maximum atomic E-state index is 14.0. The lowest BCUT2D eigenvalue weighted by molar-refractivity contribution is -0.139. The van der Waals surface area contributed by atoms with Gasteiger partial charge in [0.2, 0.25) is 19.9 Å². The van der Waals surface area contributed by atoms with Crippen LogP contribution in [0.4, 0.5) is 17.6 Å². The Morgan fingerprint density at radius 1 is 0.933 bits per heavy atom. The van der Waals surface area contributed by atoms with Crippen LogP contribution in [0.15, 0.2) is 57.2 Å². The summed E-state index contributed by atoms with van der Waals surface area (Å²) in [6.07, 6.45) is -4.54. The summed E-state index contributed by atoms with van der Waals surface area (Å²) in [6, 6.07) is 5.03. The molecule has 3 rings (SSSR count). The second-order valence-corrected chi connectivity index (χ2v) is 10.2. The van der Waals surface area contributed by atoms with E-state index in [9.17, 15) is 34.4 Å². The number of nitrogens with one attached hydrogen (secondary N) is 1. The first kappa shape index (κ1) is 22.7. The highest BCUT2D eigenvalue weighted by molar-refractivity contribution is 7.91. The Balaban J connectivity index is 2.12. The van der Waals surface area contributed by atoms with E-state index >= 15 is 0 Å². The van der Waals surface area contributed by atoms with Crippen molar-refractivity contribution < 1.29 is 39.1 Å². The lowest BCUT2D eigenvalue weighted by atomic mass is 10.1. The zero-order chi connectivity index (χ0) is 22.2. The van der Waals surface area contributed by atoms with Crippen molar-refractivity contribution in [2.24, 2.45) is 0 Å². The fraction of sp³-hybridized carbons (Fsp3) is 0.333. The molecule has 0 atom stereocenters. The summed E-state index contributed by atoms with van der Waals surface area (Å²) in [5.74, 6) is -1.11. The lowest BCUT2D eigenvalue weighted by Crippen LogP contribution is -2.39. The van der Waals surface area contributed by atoms with Gasteiger partial charge in [0.25, 0.3) is 0 Å². The van der Waals surface area contributed by atoms with Gasteiger partial charge in [0.1, 0.15) is 10.7 Å². The standard InChI is InChI=1S/C18H17F4NO5S2/c19-15-3-1-2-4-16(15)29(24,25)13-5-6-14(18(20,21)22)17(11-13)30(26,27)23-12-7-9-28-10-8-12/h1-6,11-12,23H,7-10H2. The molecule has 0 aliphatic carbocycles. The highest BCUT2D eigenvalue weighted by Gasteiger charge is 2.39. The first-order valence-electron chi connectivity index (χ1n) is 8.74. The smallest absolute Gasteiger partial charge is 0.381 e. The van der Waals surface area contributed by atoms with E-state index in [1.807, 2.05) is 0 Å². The molecule has 1 aliphatic heterocycles. The van der Waals surface area contributed by atoms with E-state index in [2.05, 4.69) is 4.72 Å². The fourth-order valence-electron chi connectivity index (χ4n) is 3.01. The molecule has 2 aromatic rings. The summed E-state index contributed by atoms with van der Waals surface area (Å²) in [5.41, 5.74) is -1.52. The quantitative estimate of drug-likeness (QED) is 0.683. The monoisotopic (exact) mass is 467 g/mol. The van der Waals surface area contributed by atoms with Crippen molar-refractivity contribution >= 4 is 19.9 Å². The van der Waals surface area contributed by atoms with Crippen LogP contribution in [0.2, 0.25) is 0 Å². The minimum Gasteiger partial charge on any atom is -0.381 e. The molecule has 1 fully saturated rings. The predicted octanol–water partition coefficient (Wildman–Crippen LogP) is 3.13. The van der Waals surface area contributed by atoms with Crippen molar-refractivity contribution in [2.75, 3.05) is 13.2 Å². The average molecular weight is 467 g/mol. The topological polar surface area (TPSA) is 89.5 Å². The Morgan fingerprint density at radius 2 is 1.57 bits per heavy atom.